The van der Waals surface area contributed by atoms with Crippen molar-refractivity contribution in [3.05, 3.63) is 83.7 Å². The molecule has 3 N–H and O–H groups in total. The highest BCUT2D eigenvalue weighted by Gasteiger charge is 2.47. The normalized spacial score (nSPS) is 19.5. The van der Waals surface area contributed by atoms with E-state index in [2.05, 4.69) is 55.3 Å². The molecule has 5 heteroatoms. The Morgan fingerprint density at radius 2 is 1.87 bits per heavy atom. The number of nitrogens with two attached hydrogens (primary N) is 1. The molecule has 2 aromatic carbocycles. The van der Waals surface area contributed by atoms with Gasteiger partial charge in [-0.3, -0.25) is 9.78 Å². The number of hydrogen-bond donors (Lipinski definition) is 2. The van der Waals surface area contributed by atoms with Crippen molar-refractivity contribution in [1.82, 2.24) is 4.98 Å². The number of benzene rings is 2. The van der Waals surface area contributed by atoms with Crippen LogP contribution in [0.25, 0.3) is 0 Å². The fourth-order valence-corrected chi connectivity index (χ4v) is 5.11. The lowest BCUT2D eigenvalue weighted by Gasteiger charge is -2.51. The summed E-state index contributed by atoms with van der Waals surface area (Å²) in [5.74, 6) is 0.0318. The second-order valence-corrected chi connectivity index (χ2v) is 9.21. The van der Waals surface area contributed by atoms with E-state index in [4.69, 9.17) is 5.73 Å². The first-order chi connectivity index (χ1) is 14.7. The van der Waals surface area contributed by atoms with Crippen LogP contribution in [0.1, 0.15) is 50.8 Å². The molecule has 3 aromatic rings. The van der Waals surface area contributed by atoms with Gasteiger partial charge in [-0.2, -0.15) is 0 Å². The summed E-state index contributed by atoms with van der Waals surface area (Å²) in [7, 11) is 0. The van der Waals surface area contributed by atoms with Gasteiger partial charge in [-0.15, -0.1) is 0 Å². The Kier molecular flexibility index (Phi) is 5.21. The number of nitrogens with one attached hydrogen (secondary N) is 1. The van der Waals surface area contributed by atoms with Gasteiger partial charge in [0.05, 0.1) is 17.1 Å². The number of amides is 1. The Morgan fingerprint density at radius 1 is 1.13 bits per heavy atom. The molecule has 1 aromatic heterocycles. The van der Waals surface area contributed by atoms with Crippen LogP contribution in [-0.4, -0.2) is 16.4 Å². The van der Waals surface area contributed by atoms with Gasteiger partial charge < -0.3 is 16.0 Å². The summed E-state index contributed by atoms with van der Waals surface area (Å²) in [5.41, 5.74) is 11.7. The number of carbonyl (C=O) groups is 1. The second kappa shape index (κ2) is 7.73. The lowest BCUT2D eigenvalue weighted by Crippen LogP contribution is -2.55. The average molecular weight is 415 g/mol. The van der Waals surface area contributed by atoms with Crippen LogP contribution in [0, 0.1) is 0 Å². The quantitative estimate of drug-likeness (QED) is 0.582. The summed E-state index contributed by atoms with van der Waals surface area (Å²) in [6.07, 6.45) is 4.39. The number of pyridine rings is 1. The molecular formula is C26H30N4O. The summed E-state index contributed by atoms with van der Waals surface area (Å²) in [6.45, 7) is 8.77. The zero-order valence-corrected chi connectivity index (χ0v) is 18.6. The highest BCUT2D eigenvalue weighted by molar-refractivity contribution is 5.97. The van der Waals surface area contributed by atoms with Gasteiger partial charge in [0.1, 0.15) is 0 Å². The second-order valence-electron chi connectivity index (χ2n) is 9.21. The van der Waals surface area contributed by atoms with Crippen molar-refractivity contribution in [2.45, 2.75) is 51.6 Å². The molecule has 0 saturated heterocycles. The zero-order valence-electron chi connectivity index (χ0n) is 18.6. The molecule has 0 spiro atoms. The zero-order chi connectivity index (χ0) is 22.2. The third kappa shape index (κ3) is 3.76. The fraction of sp³-hybridized carbons (Fsp3) is 0.308. The van der Waals surface area contributed by atoms with Gasteiger partial charge in [0.25, 0.3) is 0 Å². The Labute approximate surface area is 184 Å². The van der Waals surface area contributed by atoms with Crippen LogP contribution < -0.4 is 16.0 Å². The first-order valence-electron chi connectivity index (χ1n) is 10.7. The average Bonchev–Trinajstić information content (AvgIpc) is 2.73. The molecule has 1 atom stereocenters. The third-order valence-corrected chi connectivity index (χ3v) is 6.33. The van der Waals surface area contributed by atoms with Crippen molar-refractivity contribution in [2.24, 2.45) is 0 Å². The Hall–Kier alpha value is -3.34. The van der Waals surface area contributed by atoms with Crippen LogP contribution in [0.15, 0.2) is 67.0 Å². The summed E-state index contributed by atoms with van der Waals surface area (Å²) in [6, 6.07) is 18.5. The molecule has 0 saturated carbocycles. The van der Waals surface area contributed by atoms with E-state index in [0.29, 0.717) is 12.2 Å². The summed E-state index contributed by atoms with van der Waals surface area (Å²) >= 11 is 0. The van der Waals surface area contributed by atoms with E-state index in [1.165, 1.54) is 5.56 Å². The predicted octanol–water partition coefficient (Wildman–Crippen LogP) is 5.12. The highest BCUT2D eigenvalue weighted by atomic mass is 16.2. The first kappa shape index (κ1) is 20.9. The number of nitrogen functional groups attached to an aromatic ring is 1. The van der Waals surface area contributed by atoms with Gasteiger partial charge in [0.15, 0.2) is 0 Å². The molecule has 1 aliphatic rings. The fourth-order valence-electron chi connectivity index (χ4n) is 5.11. The minimum Gasteiger partial charge on any atom is -0.397 e. The molecular weight excluding hydrogens is 384 g/mol. The molecule has 1 amide bonds. The smallest absolute Gasteiger partial charge is 0.224 e. The summed E-state index contributed by atoms with van der Waals surface area (Å²) in [4.78, 5) is 18.9. The van der Waals surface area contributed by atoms with E-state index >= 15 is 0 Å². The van der Waals surface area contributed by atoms with Crippen molar-refractivity contribution in [3.8, 4) is 0 Å². The van der Waals surface area contributed by atoms with E-state index in [0.717, 1.165) is 28.9 Å². The minimum absolute atomic E-state index is 0.0318. The number of hydrogen-bond acceptors (Lipinski definition) is 4. The van der Waals surface area contributed by atoms with E-state index in [9.17, 15) is 4.79 Å². The van der Waals surface area contributed by atoms with Crippen molar-refractivity contribution in [1.29, 1.82) is 0 Å². The van der Waals surface area contributed by atoms with E-state index in [1.54, 1.807) is 13.1 Å². The van der Waals surface area contributed by atoms with Crippen LogP contribution in [0.5, 0.6) is 0 Å². The van der Waals surface area contributed by atoms with Gasteiger partial charge in [0, 0.05) is 36.8 Å². The maximum atomic E-state index is 12.8. The molecule has 4 rings (SSSR count). The number of carbonyl (C=O) groups excluding carboxylic acids is 1. The molecule has 2 heterocycles. The Balaban J connectivity index is 1.84. The monoisotopic (exact) mass is 414 g/mol. The molecule has 1 unspecified atom stereocenters. The van der Waals surface area contributed by atoms with Gasteiger partial charge in [-0.25, -0.2) is 0 Å². The SMILES string of the molecule is CC(=O)N1c2cc(NCc3cccnc3)c(N)cc2C(C)(c2ccccc2)CC1(C)C. The molecule has 0 fully saturated rings. The van der Waals surface area contributed by atoms with Gasteiger partial charge in [-0.05, 0) is 55.2 Å². The largest absolute Gasteiger partial charge is 0.397 e. The Bertz CT molecular complexity index is 1100. The Morgan fingerprint density at radius 3 is 2.52 bits per heavy atom. The molecule has 0 radical (unpaired) electrons. The maximum absolute atomic E-state index is 12.8. The van der Waals surface area contributed by atoms with Crippen LogP contribution >= 0.6 is 0 Å². The van der Waals surface area contributed by atoms with Crippen molar-refractivity contribution < 1.29 is 4.79 Å². The molecule has 1 aliphatic heterocycles. The summed E-state index contributed by atoms with van der Waals surface area (Å²) < 4.78 is 0. The van der Waals surface area contributed by atoms with Crippen LogP contribution in [-0.2, 0) is 16.8 Å². The van der Waals surface area contributed by atoms with Crippen molar-refractivity contribution in [3.63, 3.8) is 0 Å². The summed E-state index contributed by atoms with van der Waals surface area (Å²) in [5, 5.41) is 3.43. The number of nitrogens with zero attached hydrogens (tertiary/aromatic N) is 2. The van der Waals surface area contributed by atoms with Crippen molar-refractivity contribution >= 4 is 23.0 Å². The first-order valence-corrected chi connectivity index (χ1v) is 10.7. The minimum atomic E-state index is -0.347. The van der Waals surface area contributed by atoms with Crippen molar-refractivity contribution in [2.75, 3.05) is 16.0 Å². The van der Waals surface area contributed by atoms with E-state index < -0.39 is 0 Å². The predicted molar refractivity (Wildman–Crippen MR) is 127 cm³/mol. The van der Waals surface area contributed by atoms with Crippen LogP contribution in [0.3, 0.4) is 0 Å². The van der Waals surface area contributed by atoms with E-state index in [-0.39, 0.29) is 16.9 Å². The van der Waals surface area contributed by atoms with Gasteiger partial charge in [0.2, 0.25) is 5.91 Å². The van der Waals surface area contributed by atoms with Crippen LogP contribution in [0.4, 0.5) is 17.1 Å². The van der Waals surface area contributed by atoms with Gasteiger partial charge in [-0.1, -0.05) is 43.3 Å². The number of anilines is 3. The number of aromatic nitrogens is 1. The molecule has 160 valence electrons. The van der Waals surface area contributed by atoms with E-state index in [1.807, 2.05) is 41.4 Å². The molecule has 31 heavy (non-hydrogen) atoms. The molecule has 0 aliphatic carbocycles. The highest BCUT2D eigenvalue weighted by Crippen LogP contribution is 2.52. The lowest BCUT2D eigenvalue weighted by molar-refractivity contribution is -0.117. The topological polar surface area (TPSA) is 71.2 Å². The number of rotatable bonds is 4. The third-order valence-electron chi connectivity index (χ3n) is 6.33. The lowest BCUT2D eigenvalue weighted by atomic mass is 9.65. The van der Waals surface area contributed by atoms with Crippen LogP contribution in [0.2, 0.25) is 0 Å². The molecule has 5 nitrogen and oxygen atoms in total. The maximum Gasteiger partial charge on any atom is 0.224 e. The molecule has 0 bridgehead atoms. The standard InChI is InChI=1S/C26H30N4O/c1-18(31)30-24-14-23(29-16-19-9-8-12-28-15-19)22(27)13-21(24)26(4,17-25(30,2)3)20-10-6-5-7-11-20/h5-15,29H,16-17,27H2,1-4H3. The number of fused-ring (bicyclic) bond motifs is 1. The van der Waals surface area contributed by atoms with Gasteiger partial charge >= 0.3 is 0 Å².